The molecule has 2 aromatic rings. The Kier molecular flexibility index (Phi) is 3.73. The fourth-order valence-corrected chi connectivity index (χ4v) is 2.47. The smallest absolute Gasteiger partial charge is 0.255 e. The number of pyridine rings is 1. The first-order valence-corrected chi connectivity index (χ1v) is 6.79. The minimum atomic E-state index is -0.584. The molecular formula is C12H13ClN4OS. The van der Waals surface area contributed by atoms with Crippen molar-refractivity contribution in [1.82, 2.24) is 15.3 Å². The number of hydrogen-bond acceptors (Lipinski definition) is 5. The number of aromatic nitrogens is 2. The van der Waals surface area contributed by atoms with Crippen molar-refractivity contribution in [1.29, 1.82) is 0 Å². The first kappa shape index (κ1) is 13.8. The van der Waals surface area contributed by atoms with Gasteiger partial charge in [-0.1, -0.05) is 11.6 Å². The number of nitrogens with two attached hydrogens (primary N) is 1. The lowest BCUT2D eigenvalue weighted by Gasteiger charge is -2.24. The van der Waals surface area contributed by atoms with Crippen LogP contribution in [0.1, 0.15) is 29.2 Å². The van der Waals surface area contributed by atoms with Gasteiger partial charge >= 0.3 is 0 Å². The van der Waals surface area contributed by atoms with Gasteiger partial charge in [0.2, 0.25) is 0 Å². The van der Waals surface area contributed by atoms with Crippen LogP contribution in [0.4, 0.5) is 5.69 Å². The second-order valence-corrected chi connectivity index (χ2v) is 5.78. The van der Waals surface area contributed by atoms with Crippen LogP contribution in [0, 0.1) is 0 Å². The number of carbonyl (C=O) groups excluding carboxylic acids is 1. The molecule has 0 unspecified atom stereocenters. The predicted octanol–water partition coefficient (Wildman–Crippen LogP) is 2.44. The molecule has 0 aliphatic rings. The zero-order valence-corrected chi connectivity index (χ0v) is 12.0. The minimum absolute atomic E-state index is 0.127. The average Bonchev–Trinajstić information content (AvgIpc) is 2.86. The van der Waals surface area contributed by atoms with Gasteiger partial charge in [-0.15, -0.1) is 11.3 Å². The molecule has 0 spiro atoms. The fraction of sp³-hybridized carbons (Fsp3) is 0.250. The van der Waals surface area contributed by atoms with E-state index in [0.29, 0.717) is 5.69 Å². The van der Waals surface area contributed by atoms with Gasteiger partial charge in [0.15, 0.2) is 0 Å². The van der Waals surface area contributed by atoms with Crippen LogP contribution in [-0.4, -0.2) is 15.9 Å². The monoisotopic (exact) mass is 296 g/mol. The van der Waals surface area contributed by atoms with Crippen molar-refractivity contribution < 1.29 is 4.79 Å². The largest absolute Gasteiger partial charge is 0.397 e. The molecule has 0 atom stereocenters. The summed E-state index contributed by atoms with van der Waals surface area (Å²) in [6, 6.07) is 1.50. The van der Waals surface area contributed by atoms with Gasteiger partial charge in [-0.2, -0.15) is 0 Å². The summed E-state index contributed by atoms with van der Waals surface area (Å²) in [5, 5.41) is 5.67. The Morgan fingerprint density at radius 2 is 2.21 bits per heavy atom. The number of anilines is 1. The molecule has 2 rings (SSSR count). The van der Waals surface area contributed by atoms with Crippen molar-refractivity contribution in [2.75, 3.05) is 5.73 Å². The molecule has 0 aromatic carbocycles. The molecule has 0 bridgehead atoms. The maximum atomic E-state index is 12.2. The van der Waals surface area contributed by atoms with Gasteiger partial charge in [0.25, 0.3) is 5.91 Å². The highest BCUT2D eigenvalue weighted by Crippen LogP contribution is 2.24. The zero-order valence-electron chi connectivity index (χ0n) is 10.5. The van der Waals surface area contributed by atoms with Crippen molar-refractivity contribution in [3.05, 3.63) is 39.6 Å². The molecule has 1 amide bonds. The molecule has 3 N–H and O–H groups in total. The molecule has 0 saturated heterocycles. The highest BCUT2D eigenvalue weighted by atomic mass is 35.5. The molecule has 0 radical (unpaired) electrons. The van der Waals surface area contributed by atoms with Crippen LogP contribution in [0.15, 0.2) is 23.8 Å². The number of amides is 1. The Bertz CT molecular complexity index is 598. The van der Waals surface area contributed by atoms with Crippen LogP contribution < -0.4 is 11.1 Å². The lowest BCUT2D eigenvalue weighted by molar-refractivity contribution is 0.0912. The van der Waals surface area contributed by atoms with Crippen molar-refractivity contribution in [2.45, 2.75) is 19.4 Å². The van der Waals surface area contributed by atoms with Crippen LogP contribution in [0.2, 0.25) is 5.15 Å². The third-order valence-electron chi connectivity index (χ3n) is 2.50. The average molecular weight is 297 g/mol. The molecule has 0 fully saturated rings. The SMILES string of the molecule is CC(C)(NC(=O)c1cc(N)cnc1Cl)c1nccs1. The summed E-state index contributed by atoms with van der Waals surface area (Å²) < 4.78 is 0. The van der Waals surface area contributed by atoms with E-state index in [0.717, 1.165) is 5.01 Å². The number of carbonyl (C=O) groups is 1. The molecule has 0 aliphatic carbocycles. The molecule has 2 aromatic heterocycles. The van der Waals surface area contributed by atoms with E-state index in [1.807, 2.05) is 19.2 Å². The van der Waals surface area contributed by atoms with Gasteiger partial charge in [0, 0.05) is 11.6 Å². The molecular weight excluding hydrogens is 284 g/mol. The van der Waals surface area contributed by atoms with Crippen molar-refractivity contribution >= 4 is 34.5 Å². The third kappa shape index (κ3) is 3.02. The van der Waals surface area contributed by atoms with Crippen molar-refractivity contribution in [3.8, 4) is 0 Å². The van der Waals surface area contributed by atoms with E-state index in [1.165, 1.54) is 23.6 Å². The van der Waals surface area contributed by atoms with Gasteiger partial charge in [-0.25, -0.2) is 9.97 Å². The van der Waals surface area contributed by atoms with Crippen LogP contribution in [-0.2, 0) is 5.54 Å². The predicted molar refractivity (Wildman–Crippen MR) is 76.3 cm³/mol. The molecule has 0 saturated carbocycles. The summed E-state index contributed by atoms with van der Waals surface area (Å²) in [4.78, 5) is 20.3. The lowest BCUT2D eigenvalue weighted by atomic mass is 10.1. The quantitative estimate of drug-likeness (QED) is 0.853. The molecule has 100 valence electrons. The number of halogens is 1. The normalized spacial score (nSPS) is 11.3. The highest BCUT2D eigenvalue weighted by Gasteiger charge is 2.27. The Morgan fingerprint density at radius 1 is 1.47 bits per heavy atom. The maximum Gasteiger partial charge on any atom is 0.255 e. The lowest BCUT2D eigenvalue weighted by Crippen LogP contribution is -2.41. The number of nitrogen functional groups attached to an aromatic ring is 1. The van der Waals surface area contributed by atoms with E-state index in [2.05, 4.69) is 15.3 Å². The van der Waals surface area contributed by atoms with Crippen LogP contribution >= 0.6 is 22.9 Å². The highest BCUT2D eigenvalue weighted by molar-refractivity contribution is 7.09. The summed E-state index contributed by atoms with van der Waals surface area (Å²) in [5.74, 6) is -0.329. The first-order valence-electron chi connectivity index (χ1n) is 5.53. The van der Waals surface area contributed by atoms with Crippen LogP contribution in [0.25, 0.3) is 0 Å². The Balaban J connectivity index is 2.24. The van der Waals surface area contributed by atoms with Gasteiger partial charge in [0.05, 0.1) is 23.0 Å². The van der Waals surface area contributed by atoms with E-state index >= 15 is 0 Å². The summed E-state index contributed by atoms with van der Waals surface area (Å²) in [6.07, 6.45) is 3.11. The second kappa shape index (κ2) is 5.14. The fourth-order valence-electron chi connectivity index (χ4n) is 1.56. The molecule has 5 nitrogen and oxygen atoms in total. The number of rotatable bonds is 3. The van der Waals surface area contributed by atoms with Crippen molar-refractivity contribution in [3.63, 3.8) is 0 Å². The summed E-state index contributed by atoms with van der Waals surface area (Å²) in [7, 11) is 0. The van der Waals surface area contributed by atoms with E-state index in [4.69, 9.17) is 17.3 Å². The number of nitrogens with one attached hydrogen (secondary N) is 1. The summed E-state index contributed by atoms with van der Waals surface area (Å²) in [5.41, 5.74) is 5.67. The number of thiazole rings is 1. The topological polar surface area (TPSA) is 80.9 Å². The van der Waals surface area contributed by atoms with E-state index in [-0.39, 0.29) is 16.6 Å². The molecule has 7 heteroatoms. The Hall–Kier alpha value is -1.66. The third-order valence-corrected chi connectivity index (χ3v) is 3.90. The standard InChI is InChI=1S/C12H13ClN4OS/c1-12(2,11-15-3-4-19-11)17-10(18)8-5-7(14)6-16-9(8)13/h3-6H,14H2,1-2H3,(H,17,18). The van der Waals surface area contributed by atoms with Gasteiger partial charge in [-0.3, -0.25) is 4.79 Å². The first-order chi connectivity index (χ1) is 8.90. The second-order valence-electron chi connectivity index (χ2n) is 4.52. The number of hydrogen-bond donors (Lipinski definition) is 2. The van der Waals surface area contributed by atoms with Crippen LogP contribution in [0.3, 0.4) is 0 Å². The molecule has 19 heavy (non-hydrogen) atoms. The van der Waals surface area contributed by atoms with Crippen LogP contribution in [0.5, 0.6) is 0 Å². The zero-order chi connectivity index (χ0) is 14.0. The van der Waals surface area contributed by atoms with Gasteiger partial charge < -0.3 is 11.1 Å². The van der Waals surface area contributed by atoms with E-state index < -0.39 is 5.54 Å². The minimum Gasteiger partial charge on any atom is -0.397 e. The number of nitrogens with zero attached hydrogens (tertiary/aromatic N) is 2. The maximum absolute atomic E-state index is 12.2. The molecule has 2 heterocycles. The molecule has 0 aliphatic heterocycles. The summed E-state index contributed by atoms with van der Waals surface area (Å²) >= 11 is 7.38. The summed E-state index contributed by atoms with van der Waals surface area (Å²) in [6.45, 7) is 3.74. The van der Waals surface area contributed by atoms with Gasteiger partial charge in [0.1, 0.15) is 10.2 Å². The van der Waals surface area contributed by atoms with Crippen molar-refractivity contribution in [2.24, 2.45) is 0 Å². The van der Waals surface area contributed by atoms with E-state index in [9.17, 15) is 4.79 Å². The van der Waals surface area contributed by atoms with Gasteiger partial charge in [-0.05, 0) is 19.9 Å². The Labute approximate surface area is 119 Å². The van der Waals surface area contributed by atoms with E-state index in [1.54, 1.807) is 6.20 Å². The Morgan fingerprint density at radius 3 is 2.84 bits per heavy atom.